The van der Waals surface area contributed by atoms with E-state index >= 15 is 0 Å². The minimum absolute atomic E-state index is 0.598. The fourth-order valence-corrected chi connectivity index (χ4v) is 2.78. The highest BCUT2D eigenvalue weighted by molar-refractivity contribution is 5.29. The third-order valence-electron chi connectivity index (χ3n) is 3.89. The van der Waals surface area contributed by atoms with Gasteiger partial charge in [-0.15, -0.1) is 0 Å². The van der Waals surface area contributed by atoms with E-state index in [2.05, 4.69) is 60.8 Å². The maximum atomic E-state index is 5.34. The third-order valence-corrected chi connectivity index (χ3v) is 3.89. The van der Waals surface area contributed by atoms with Crippen LogP contribution in [0.25, 0.3) is 0 Å². The van der Waals surface area contributed by atoms with Crippen LogP contribution in [0.2, 0.25) is 0 Å². The zero-order chi connectivity index (χ0) is 15.6. The predicted octanol–water partition coefficient (Wildman–Crippen LogP) is 4.10. The summed E-state index contributed by atoms with van der Waals surface area (Å²) >= 11 is 0. The molecule has 0 aliphatic rings. The first kappa shape index (κ1) is 16.6. The van der Waals surface area contributed by atoms with Gasteiger partial charge < -0.3 is 10.1 Å². The van der Waals surface area contributed by atoms with Gasteiger partial charge >= 0.3 is 0 Å². The molecular weight excluding hydrogens is 270 g/mol. The maximum Gasteiger partial charge on any atom is 0.119 e. The molecule has 118 valence electrons. The Kier molecular flexibility index (Phi) is 6.98. The van der Waals surface area contributed by atoms with Crippen molar-refractivity contribution in [2.24, 2.45) is 5.92 Å². The van der Waals surface area contributed by atoms with Crippen molar-refractivity contribution in [1.29, 1.82) is 0 Å². The molecule has 2 rings (SSSR count). The molecule has 2 nitrogen and oxygen atoms in total. The average molecular weight is 297 g/mol. The molecular formula is C20H27NO. The molecule has 0 amide bonds. The van der Waals surface area contributed by atoms with Crippen LogP contribution in [-0.4, -0.2) is 20.2 Å². The fraction of sp³-hybridized carbons (Fsp3) is 0.400. The lowest BCUT2D eigenvalue weighted by Crippen LogP contribution is -2.26. The molecule has 1 N–H and O–H groups in total. The second kappa shape index (κ2) is 9.26. The number of rotatable bonds is 9. The summed E-state index contributed by atoms with van der Waals surface area (Å²) in [6.07, 6.45) is 3.36. The second-order valence-electron chi connectivity index (χ2n) is 5.82. The standard InChI is InChI=1S/C20H27NO/c1-3-12-21-16-19(13-17-8-5-4-6-9-17)14-18-10-7-11-20(15-18)22-2/h4-11,15,19,21H,3,12-14,16H2,1-2H3. The van der Waals surface area contributed by atoms with Crippen molar-refractivity contribution in [3.8, 4) is 5.75 Å². The normalized spacial score (nSPS) is 12.1. The molecule has 0 aliphatic heterocycles. The highest BCUT2D eigenvalue weighted by Crippen LogP contribution is 2.18. The molecule has 0 heterocycles. The summed E-state index contributed by atoms with van der Waals surface area (Å²) < 4.78 is 5.34. The highest BCUT2D eigenvalue weighted by atomic mass is 16.5. The summed E-state index contributed by atoms with van der Waals surface area (Å²) in [6, 6.07) is 19.2. The summed E-state index contributed by atoms with van der Waals surface area (Å²) in [4.78, 5) is 0. The Morgan fingerprint density at radius 3 is 2.41 bits per heavy atom. The molecule has 2 aromatic rings. The summed E-state index contributed by atoms with van der Waals surface area (Å²) in [5, 5.41) is 3.57. The van der Waals surface area contributed by atoms with Gasteiger partial charge in [0.2, 0.25) is 0 Å². The third kappa shape index (κ3) is 5.53. The number of benzene rings is 2. The molecule has 0 aliphatic carbocycles. The fourth-order valence-electron chi connectivity index (χ4n) is 2.78. The number of nitrogens with one attached hydrogen (secondary N) is 1. The van der Waals surface area contributed by atoms with Gasteiger partial charge in [-0.1, -0.05) is 49.4 Å². The number of hydrogen-bond acceptors (Lipinski definition) is 2. The molecule has 2 heteroatoms. The summed E-state index contributed by atoms with van der Waals surface area (Å²) in [5.41, 5.74) is 2.76. The molecule has 0 fully saturated rings. The molecule has 0 bridgehead atoms. The number of methoxy groups -OCH3 is 1. The van der Waals surface area contributed by atoms with Crippen molar-refractivity contribution in [3.63, 3.8) is 0 Å². The van der Waals surface area contributed by atoms with E-state index in [4.69, 9.17) is 4.74 Å². The van der Waals surface area contributed by atoms with Crippen molar-refractivity contribution >= 4 is 0 Å². The van der Waals surface area contributed by atoms with Crippen molar-refractivity contribution in [2.45, 2.75) is 26.2 Å². The van der Waals surface area contributed by atoms with Crippen LogP contribution in [-0.2, 0) is 12.8 Å². The molecule has 0 radical (unpaired) electrons. The Morgan fingerprint density at radius 2 is 1.68 bits per heavy atom. The largest absolute Gasteiger partial charge is 0.497 e. The summed E-state index contributed by atoms with van der Waals surface area (Å²) in [5.74, 6) is 1.54. The van der Waals surface area contributed by atoms with Crippen LogP contribution in [0.3, 0.4) is 0 Å². The first-order valence-corrected chi connectivity index (χ1v) is 8.19. The second-order valence-corrected chi connectivity index (χ2v) is 5.82. The van der Waals surface area contributed by atoms with E-state index in [1.165, 1.54) is 17.5 Å². The van der Waals surface area contributed by atoms with Gasteiger partial charge in [-0.05, 0) is 61.5 Å². The van der Waals surface area contributed by atoms with E-state index in [9.17, 15) is 0 Å². The van der Waals surface area contributed by atoms with Crippen LogP contribution in [0.5, 0.6) is 5.75 Å². The van der Waals surface area contributed by atoms with E-state index in [1.807, 2.05) is 6.07 Å². The number of hydrogen-bond donors (Lipinski definition) is 1. The van der Waals surface area contributed by atoms with Crippen LogP contribution in [0.1, 0.15) is 24.5 Å². The van der Waals surface area contributed by atoms with Gasteiger partial charge in [0, 0.05) is 0 Å². The minimum atomic E-state index is 0.598. The van der Waals surface area contributed by atoms with Crippen molar-refractivity contribution in [3.05, 3.63) is 65.7 Å². The average Bonchev–Trinajstić information content (AvgIpc) is 2.56. The highest BCUT2D eigenvalue weighted by Gasteiger charge is 2.11. The van der Waals surface area contributed by atoms with Gasteiger partial charge in [-0.3, -0.25) is 0 Å². The zero-order valence-electron chi connectivity index (χ0n) is 13.7. The van der Waals surface area contributed by atoms with E-state index in [0.29, 0.717) is 5.92 Å². The van der Waals surface area contributed by atoms with E-state index in [1.54, 1.807) is 7.11 Å². The maximum absolute atomic E-state index is 5.34. The first-order valence-electron chi connectivity index (χ1n) is 8.19. The lowest BCUT2D eigenvalue weighted by molar-refractivity contribution is 0.413. The molecule has 0 aromatic heterocycles. The molecule has 0 saturated heterocycles. The van der Waals surface area contributed by atoms with E-state index < -0.39 is 0 Å². The molecule has 0 saturated carbocycles. The Balaban J connectivity index is 2.02. The Morgan fingerprint density at radius 1 is 0.955 bits per heavy atom. The van der Waals surface area contributed by atoms with E-state index in [-0.39, 0.29) is 0 Å². The van der Waals surface area contributed by atoms with Gasteiger partial charge in [0.1, 0.15) is 5.75 Å². The van der Waals surface area contributed by atoms with Crippen LogP contribution in [0, 0.1) is 5.92 Å². The SMILES string of the molecule is CCCNCC(Cc1ccccc1)Cc1cccc(OC)c1. The van der Waals surface area contributed by atoms with Crippen molar-refractivity contribution in [1.82, 2.24) is 5.32 Å². The molecule has 22 heavy (non-hydrogen) atoms. The minimum Gasteiger partial charge on any atom is -0.497 e. The molecule has 1 unspecified atom stereocenters. The first-order chi connectivity index (χ1) is 10.8. The van der Waals surface area contributed by atoms with Crippen molar-refractivity contribution < 1.29 is 4.74 Å². The zero-order valence-corrected chi connectivity index (χ0v) is 13.7. The quantitative estimate of drug-likeness (QED) is 0.704. The van der Waals surface area contributed by atoms with Gasteiger partial charge in [-0.25, -0.2) is 0 Å². The molecule has 0 spiro atoms. The topological polar surface area (TPSA) is 21.3 Å². The lowest BCUT2D eigenvalue weighted by atomic mass is 9.92. The Hall–Kier alpha value is -1.80. The Bertz CT molecular complexity index is 538. The molecule has 2 aromatic carbocycles. The molecule has 1 atom stereocenters. The lowest BCUT2D eigenvalue weighted by Gasteiger charge is -2.18. The monoisotopic (exact) mass is 297 g/mol. The van der Waals surface area contributed by atoms with Gasteiger partial charge in [-0.2, -0.15) is 0 Å². The summed E-state index contributed by atoms with van der Waals surface area (Å²) in [6.45, 7) is 4.35. The Labute approximate surface area is 134 Å². The summed E-state index contributed by atoms with van der Waals surface area (Å²) in [7, 11) is 1.73. The number of ether oxygens (including phenoxy) is 1. The predicted molar refractivity (Wildman–Crippen MR) is 93.5 cm³/mol. The van der Waals surface area contributed by atoms with Gasteiger partial charge in [0.05, 0.1) is 7.11 Å². The van der Waals surface area contributed by atoms with Gasteiger partial charge in [0.25, 0.3) is 0 Å². The van der Waals surface area contributed by atoms with Gasteiger partial charge in [0.15, 0.2) is 0 Å². The van der Waals surface area contributed by atoms with Crippen LogP contribution >= 0.6 is 0 Å². The van der Waals surface area contributed by atoms with Crippen LogP contribution in [0.4, 0.5) is 0 Å². The van der Waals surface area contributed by atoms with Crippen LogP contribution in [0.15, 0.2) is 54.6 Å². The van der Waals surface area contributed by atoms with Crippen molar-refractivity contribution in [2.75, 3.05) is 20.2 Å². The van der Waals surface area contributed by atoms with E-state index in [0.717, 1.165) is 31.7 Å². The smallest absolute Gasteiger partial charge is 0.119 e. The van der Waals surface area contributed by atoms with Crippen LogP contribution < -0.4 is 10.1 Å².